The number of fused-ring (bicyclic) bond motifs is 1. The van der Waals surface area contributed by atoms with Gasteiger partial charge in [0, 0.05) is 37.8 Å². The van der Waals surface area contributed by atoms with E-state index in [0.717, 1.165) is 36.3 Å². The van der Waals surface area contributed by atoms with E-state index in [1.54, 1.807) is 6.20 Å². The second-order valence-electron chi connectivity index (χ2n) is 5.63. The summed E-state index contributed by atoms with van der Waals surface area (Å²) in [6.45, 7) is 1.23. The van der Waals surface area contributed by atoms with E-state index in [0.29, 0.717) is 13.2 Å². The second-order valence-corrected chi connectivity index (χ2v) is 5.63. The number of carbonyl (C=O) groups is 1. The molecular weight excluding hydrogens is 278 g/mol. The molecule has 3 rings (SSSR count). The maximum absolute atomic E-state index is 12.4. The van der Waals surface area contributed by atoms with Crippen molar-refractivity contribution in [3.05, 3.63) is 47.8 Å². The van der Waals surface area contributed by atoms with Crippen LogP contribution in [0.5, 0.6) is 5.75 Å². The van der Waals surface area contributed by atoms with E-state index < -0.39 is 0 Å². The van der Waals surface area contributed by atoms with E-state index in [1.807, 2.05) is 42.1 Å². The fourth-order valence-corrected chi connectivity index (χ4v) is 2.82. The van der Waals surface area contributed by atoms with Crippen molar-refractivity contribution in [2.45, 2.75) is 19.3 Å². The first-order chi connectivity index (χ1) is 10.7. The summed E-state index contributed by atoms with van der Waals surface area (Å²) in [5.74, 6) is 1.00. The molecule has 0 saturated heterocycles. The van der Waals surface area contributed by atoms with Crippen LogP contribution >= 0.6 is 0 Å². The van der Waals surface area contributed by atoms with Gasteiger partial charge in [0.2, 0.25) is 5.91 Å². The van der Waals surface area contributed by atoms with Crippen molar-refractivity contribution in [2.24, 2.45) is 13.0 Å². The number of nitrogens with zero attached hydrogens (tertiary/aromatic N) is 2. The van der Waals surface area contributed by atoms with E-state index >= 15 is 0 Å². The molecule has 1 aromatic carbocycles. The molecule has 1 aromatic heterocycles. The molecule has 1 N–H and O–H groups in total. The topological polar surface area (TPSA) is 56.2 Å². The normalized spacial score (nSPS) is 17.2. The maximum Gasteiger partial charge on any atom is 0.223 e. The second kappa shape index (κ2) is 6.64. The van der Waals surface area contributed by atoms with Gasteiger partial charge >= 0.3 is 0 Å². The predicted octanol–water partition coefficient (Wildman–Crippen LogP) is 1.72. The molecule has 2 heterocycles. The van der Waals surface area contributed by atoms with Gasteiger partial charge in [-0.15, -0.1) is 0 Å². The number of benzene rings is 1. The molecule has 0 bridgehead atoms. The molecular formula is C17H21N3O2. The molecule has 0 aliphatic carbocycles. The number of ether oxygens (including phenoxy) is 1. The number of nitrogens with one attached hydrogen (secondary N) is 1. The van der Waals surface area contributed by atoms with Crippen LogP contribution in [0, 0.1) is 5.92 Å². The van der Waals surface area contributed by atoms with Gasteiger partial charge in [-0.25, -0.2) is 0 Å². The van der Waals surface area contributed by atoms with Gasteiger partial charge in [-0.2, -0.15) is 5.10 Å². The van der Waals surface area contributed by atoms with Gasteiger partial charge in [0.15, 0.2) is 0 Å². The summed E-state index contributed by atoms with van der Waals surface area (Å²) in [4.78, 5) is 12.4. The van der Waals surface area contributed by atoms with Gasteiger partial charge in [-0.05, 0) is 30.5 Å². The zero-order valence-electron chi connectivity index (χ0n) is 12.8. The molecule has 0 spiro atoms. The van der Waals surface area contributed by atoms with Crippen molar-refractivity contribution in [2.75, 3.05) is 13.2 Å². The molecule has 1 atom stereocenters. The van der Waals surface area contributed by atoms with Gasteiger partial charge in [0.1, 0.15) is 5.75 Å². The minimum absolute atomic E-state index is 0.0183. The van der Waals surface area contributed by atoms with E-state index in [2.05, 4.69) is 10.4 Å². The van der Waals surface area contributed by atoms with E-state index in [9.17, 15) is 4.79 Å². The summed E-state index contributed by atoms with van der Waals surface area (Å²) in [6.07, 6.45) is 4.07. The van der Waals surface area contributed by atoms with Crippen molar-refractivity contribution >= 4 is 5.91 Å². The average molecular weight is 299 g/mol. The molecule has 116 valence electrons. The molecule has 1 unspecified atom stereocenters. The van der Waals surface area contributed by atoms with E-state index in [-0.39, 0.29) is 11.8 Å². The Morgan fingerprint density at radius 3 is 3.09 bits per heavy atom. The van der Waals surface area contributed by atoms with Crippen LogP contribution in [0.15, 0.2) is 36.5 Å². The Kier molecular flexibility index (Phi) is 4.42. The highest BCUT2D eigenvalue weighted by Gasteiger charge is 2.23. The first kappa shape index (κ1) is 14.6. The molecule has 1 amide bonds. The molecule has 1 aliphatic heterocycles. The highest BCUT2D eigenvalue weighted by Crippen LogP contribution is 2.26. The van der Waals surface area contributed by atoms with Crippen molar-refractivity contribution < 1.29 is 9.53 Å². The van der Waals surface area contributed by atoms with Crippen LogP contribution in [0.2, 0.25) is 0 Å². The summed E-state index contributed by atoms with van der Waals surface area (Å²) in [6, 6.07) is 9.94. The molecule has 0 radical (unpaired) electrons. The standard InChI is InChI=1S/C17H21N3O2/c1-20-15(7-10-19-20)6-9-18-17(21)14-8-11-22-16-5-3-2-4-13(16)12-14/h2-5,7,10,14H,6,8-9,11-12H2,1H3,(H,18,21). The lowest BCUT2D eigenvalue weighted by atomic mass is 9.96. The summed E-state index contributed by atoms with van der Waals surface area (Å²) < 4.78 is 7.55. The number of hydrogen-bond donors (Lipinski definition) is 1. The fourth-order valence-electron chi connectivity index (χ4n) is 2.82. The molecule has 2 aromatic rings. The highest BCUT2D eigenvalue weighted by molar-refractivity contribution is 5.79. The van der Waals surface area contributed by atoms with Crippen LogP contribution in [0.3, 0.4) is 0 Å². The minimum atomic E-state index is -0.0183. The largest absolute Gasteiger partial charge is 0.493 e. The zero-order valence-corrected chi connectivity index (χ0v) is 12.8. The van der Waals surface area contributed by atoms with Crippen molar-refractivity contribution in [1.29, 1.82) is 0 Å². The maximum atomic E-state index is 12.4. The minimum Gasteiger partial charge on any atom is -0.493 e. The Morgan fingerprint density at radius 2 is 2.27 bits per heavy atom. The van der Waals surface area contributed by atoms with Gasteiger partial charge in [-0.1, -0.05) is 18.2 Å². The first-order valence-corrected chi connectivity index (χ1v) is 7.69. The smallest absolute Gasteiger partial charge is 0.223 e. The lowest BCUT2D eigenvalue weighted by Gasteiger charge is -2.14. The van der Waals surface area contributed by atoms with Crippen LogP contribution in [-0.2, 0) is 24.7 Å². The highest BCUT2D eigenvalue weighted by atomic mass is 16.5. The van der Waals surface area contributed by atoms with E-state index in [1.165, 1.54) is 0 Å². The molecule has 5 heteroatoms. The van der Waals surface area contributed by atoms with Crippen molar-refractivity contribution in [1.82, 2.24) is 15.1 Å². The lowest BCUT2D eigenvalue weighted by molar-refractivity contribution is -0.125. The van der Waals surface area contributed by atoms with Crippen molar-refractivity contribution in [3.8, 4) is 5.75 Å². The third-order valence-electron chi connectivity index (χ3n) is 4.14. The van der Waals surface area contributed by atoms with Crippen LogP contribution in [0.1, 0.15) is 17.7 Å². The van der Waals surface area contributed by atoms with Gasteiger partial charge in [-0.3, -0.25) is 9.48 Å². The summed E-state index contributed by atoms with van der Waals surface area (Å²) in [5.41, 5.74) is 2.24. The summed E-state index contributed by atoms with van der Waals surface area (Å²) in [7, 11) is 1.91. The zero-order chi connectivity index (χ0) is 15.4. The Balaban J connectivity index is 1.55. The monoisotopic (exact) mass is 299 g/mol. The number of amides is 1. The van der Waals surface area contributed by atoms with Gasteiger partial charge in [0.25, 0.3) is 0 Å². The average Bonchev–Trinajstić information content (AvgIpc) is 2.81. The quantitative estimate of drug-likeness (QED) is 0.935. The number of rotatable bonds is 4. The lowest BCUT2D eigenvalue weighted by Crippen LogP contribution is -2.33. The van der Waals surface area contributed by atoms with Crippen molar-refractivity contribution in [3.63, 3.8) is 0 Å². The Hall–Kier alpha value is -2.30. The number of hydrogen-bond acceptors (Lipinski definition) is 3. The Labute approximate surface area is 130 Å². The van der Waals surface area contributed by atoms with E-state index in [4.69, 9.17) is 4.74 Å². The number of carbonyl (C=O) groups excluding carboxylic acids is 1. The summed E-state index contributed by atoms with van der Waals surface area (Å²) >= 11 is 0. The molecule has 0 saturated carbocycles. The number of aromatic nitrogens is 2. The number of aryl methyl sites for hydroxylation is 1. The molecule has 5 nitrogen and oxygen atoms in total. The first-order valence-electron chi connectivity index (χ1n) is 7.69. The Bertz CT molecular complexity index is 651. The third kappa shape index (κ3) is 3.30. The van der Waals surface area contributed by atoms with Crippen LogP contribution in [0.25, 0.3) is 0 Å². The SMILES string of the molecule is Cn1nccc1CCNC(=O)C1CCOc2ccccc2C1. The third-order valence-corrected chi connectivity index (χ3v) is 4.14. The molecule has 0 fully saturated rings. The Morgan fingerprint density at radius 1 is 1.41 bits per heavy atom. The summed E-state index contributed by atoms with van der Waals surface area (Å²) in [5, 5.41) is 7.17. The molecule has 22 heavy (non-hydrogen) atoms. The van der Waals surface area contributed by atoms with Crippen LogP contribution in [-0.4, -0.2) is 28.8 Å². The number of para-hydroxylation sites is 1. The van der Waals surface area contributed by atoms with Gasteiger partial charge in [0.05, 0.1) is 6.61 Å². The fraction of sp³-hybridized carbons (Fsp3) is 0.412. The van der Waals surface area contributed by atoms with Crippen LogP contribution in [0.4, 0.5) is 0 Å². The van der Waals surface area contributed by atoms with Crippen LogP contribution < -0.4 is 10.1 Å². The predicted molar refractivity (Wildman–Crippen MR) is 83.7 cm³/mol. The van der Waals surface area contributed by atoms with Gasteiger partial charge < -0.3 is 10.1 Å². The molecule has 1 aliphatic rings.